The zero-order valence-corrected chi connectivity index (χ0v) is 13.0. The first-order valence-corrected chi connectivity index (χ1v) is 6.75. The predicted octanol–water partition coefficient (Wildman–Crippen LogP) is 1.82. The average molecular weight is 293 g/mol. The van der Waals surface area contributed by atoms with E-state index >= 15 is 0 Å². The van der Waals surface area contributed by atoms with Gasteiger partial charge in [0.2, 0.25) is 5.91 Å². The van der Waals surface area contributed by atoms with Gasteiger partial charge in [0.05, 0.1) is 7.11 Å². The number of nitrogens with two attached hydrogens (primary N) is 1. The van der Waals surface area contributed by atoms with Crippen LogP contribution in [0.15, 0.2) is 29.4 Å². The van der Waals surface area contributed by atoms with Crippen LogP contribution in [0.2, 0.25) is 0 Å². The summed E-state index contributed by atoms with van der Waals surface area (Å²) in [7, 11) is 3.29. The third-order valence-electron chi connectivity index (χ3n) is 3.75. The van der Waals surface area contributed by atoms with Gasteiger partial charge < -0.3 is 20.6 Å². The zero-order chi connectivity index (χ0) is 16.0. The molecule has 1 unspecified atom stereocenters. The average Bonchev–Trinajstić information content (AvgIpc) is 2.52. The number of hydrogen-bond acceptors (Lipinski definition) is 4. The predicted molar refractivity (Wildman–Crippen MR) is 81.3 cm³/mol. The first-order chi connectivity index (χ1) is 9.88. The quantitative estimate of drug-likeness (QED) is 0.362. The van der Waals surface area contributed by atoms with Gasteiger partial charge in [0, 0.05) is 13.6 Å². The molecule has 0 radical (unpaired) electrons. The van der Waals surface area contributed by atoms with E-state index in [2.05, 4.69) is 5.16 Å². The molecule has 0 fully saturated rings. The fourth-order valence-electron chi connectivity index (χ4n) is 2.09. The maximum atomic E-state index is 12.6. The van der Waals surface area contributed by atoms with Crippen molar-refractivity contribution < 1.29 is 14.7 Å². The minimum atomic E-state index is -1.01. The Balaban J connectivity index is 2.91. The maximum Gasteiger partial charge on any atom is 0.236 e. The SMILES string of the molecule is CCC(C)(C(=O)N(C)Cc1cccc(OC)c1)/C(N)=N/O. The molecule has 1 aromatic rings. The Labute approximate surface area is 125 Å². The van der Waals surface area contributed by atoms with E-state index in [1.165, 1.54) is 0 Å². The van der Waals surface area contributed by atoms with Crippen LogP contribution in [-0.2, 0) is 11.3 Å². The van der Waals surface area contributed by atoms with Gasteiger partial charge in [-0.05, 0) is 31.0 Å². The van der Waals surface area contributed by atoms with Crippen LogP contribution >= 0.6 is 0 Å². The zero-order valence-electron chi connectivity index (χ0n) is 13.0. The van der Waals surface area contributed by atoms with Crippen molar-refractivity contribution in [1.82, 2.24) is 4.90 Å². The minimum absolute atomic E-state index is 0.0764. The Bertz CT molecular complexity index is 531. The van der Waals surface area contributed by atoms with Crippen molar-refractivity contribution >= 4 is 11.7 Å². The normalized spacial score (nSPS) is 14.4. The highest BCUT2D eigenvalue weighted by Gasteiger charge is 2.38. The first kappa shape index (κ1) is 16.8. The number of benzene rings is 1. The molecule has 0 aliphatic rings. The highest BCUT2D eigenvalue weighted by Crippen LogP contribution is 2.25. The lowest BCUT2D eigenvalue weighted by molar-refractivity contribution is -0.137. The van der Waals surface area contributed by atoms with Crippen LogP contribution in [0.25, 0.3) is 0 Å². The van der Waals surface area contributed by atoms with Crippen molar-refractivity contribution in [3.8, 4) is 5.75 Å². The number of methoxy groups -OCH3 is 1. The summed E-state index contributed by atoms with van der Waals surface area (Å²) in [6.07, 6.45) is 0.449. The van der Waals surface area contributed by atoms with Crippen LogP contribution in [-0.4, -0.2) is 36.0 Å². The third kappa shape index (κ3) is 3.65. The summed E-state index contributed by atoms with van der Waals surface area (Å²) < 4.78 is 5.17. The lowest BCUT2D eigenvalue weighted by Gasteiger charge is -2.30. The second-order valence-corrected chi connectivity index (χ2v) is 5.18. The largest absolute Gasteiger partial charge is 0.497 e. The molecule has 0 heterocycles. The van der Waals surface area contributed by atoms with Crippen molar-refractivity contribution in [3.05, 3.63) is 29.8 Å². The Morgan fingerprint density at radius 3 is 2.71 bits per heavy atom. The summed E-state index contributed by atoms with van der Waals surface area (Å²) in [6.45, 7) is 3.92. The lowest BCUT2D eigenvalue weighted by atomic mass is 9.84. The Morgan fingerprint density at radius 1 is 1.52 bits per heavy atom. The monoisotopic (exact) mass is 293 g/mol. The highest BCUT2D eigenvalue weighted by molar-refractivity contribution is 6.06. The van der Waals surface area contributed by atoms with E-state index in [1.54, 1.807) is 26.0 Å². The van der Waals surface area contributed by atoms with Crippen LogP contribution in [0.4, 0.5) is 0 Å². The van der Waals surface area contributed by atoms with Gasteiger partial charge in [-0.1, -0.05) is 24.2 Å². The van der Waals surface area contributed by atoms with Crippen LogP contribution in [0.1, 0.15) is 25.8 Å². The van der Waals surface area contributed by atoms with Gasteiger partial charge in [0.25, 0.3) is 0 Å². The number of ether oxygens (including phenoxy) is 1. The standard InChI is InChI=1S/C15H23N3O3/c1-5-15(2,13(16)17-20)14(19)18(3)10-11-7-6-8-12(9-11)21-4/h6-9,20H,5,10H2,1-4H3,(H2,16,17). The van der Waals surface area contributed by atoms with Crippen LogP contribution in [0.5, 0.6) is 5.75 Å². The van der Waals surface area contributed by atoms with E-state index in [9.17, 15) is 4.79 Å². The highest BCUT2D eigenvalue weighted by atomic mass is 16.5. The van der Waals surface area contributed by atoms with Gasteiger partial charge in [0.1, 0.15) is 11.2 Å². The minimum Gasteiger partial charge on any atom is -0.497 e. The molecule has 6 nitrogen and oxygen atoms in total. The van der Waals surface area contributed by atoms with Crippen LogP contribution in [0, 0.1) is 5.41 Å². The van der Waals surface area contributed by atoms with E-state index in [-0.39, 0.29) is 11.7 Å². The molecule has 0 spiro atoms. The van der Waals surface area contributed by atoms with Crippen molar-refractivity contribution in [2.45, 2.75) is 26.8 Å². The summed E-state index contributed by atoms with van der Waals surface area (Å²) in [6, 6.07) is 7.50. The van der Waals surface area contributed by atoms with Crippen molar-refractivity contribution in [2.24, 2.45) is 16.3 Å². The fraction of sp³-hybridized carbons (Fsp3) is 0.467. The summed E-state index contributed by atoms with van der Waals surface area (Å²) in [5.74, 6) is 0.471. The molecule has 116 valence electrons. The molecule has 1 atom stereocenters. The van der Waals surface area contributed by atoms with Crippen molar-refractivity contribution in [3.63, 3.8) is 0 Å². The summed E-state index contributed by atoms with van der Waals surface area (Å²) in [5.41, 5.74) is 5.61. The number of carbonyl (C=O) groups excluding carboxylic acids is 1. The van der Waals surface area contributed by atoms with E-state index in [1.807, 2.05) is 31.2 Å². The molecule has 6 heteroatoms. The molecule has 0 aliphatic heterocycles. The molecule has 1 amide bonds. The van der Waals surface area contributed by atoms with Gasteiger partial charge in [-0.15, -0.1) is 0 Å². The number of oxime groups is 1. The molecule has 0 aliphatic carbocycles. The van der Waals surface area contributed by atoms with Gasteiger partial charge in [-0.25, -0.2) is 0 Å². The van der Waals surface area contributed by atoms with Crippen LogP contribution in [0.3, 0.4) is 0 Å². The van der Waals surface area contributed by atoms with E-state index in [0.717, 1.165) is 11.3 Å². The summed E-state index contributed by atoms with van der Waals surface area (Å²) in [5, 5.41) is 11.9. The van der Waals surface area contributed by atoms with Gasteiger partial charge in [0.15, 0.2) is 5.84 Å². The number of amides is 1. The molecular formula is C15H23N3O3. The Hall–Kier alpha value is -2.24. The molecular weight excluding hydrogens is 270 g/mol. The fourth-order valence-corrected chi connectivity index (χ4v) is 2.09. The summed E-state index contributed by atoms with van der Waals surface area (Å²) in [4.78, 5) is 14.1. The van der Waals surface area contributed by atoms with Crippen LogP contribution < -0.4 is 10.5 Å². The second kappa shape index (κ2) is 6.97. The summed E-state index contributed by atoms with van der Waals surface area (Å²) >= 11 is 0. The Kier molecular flexibility index (Phi) is 5.58. The Morgan fingerprint density at radius 2 is 2.19 bits per heavy atom. The number of hydrogen-bond donors (Lipinski definition) is 2. The van der Waals surface area contributed by atoms with E-state index in [4.69, 9.17) is 15.7 Å². The number of rotatable bonds is 6. The molecule has 1 rings (SSSR count). The van der Waals surface area contributed by atoms with Gasteiger partial charge in [-0.2, -0.15) is 0 Å². The van der Waals surface area contributed by atoms with E-state index < -0.39 is 5.41 Å². The second-order valence-electron chi connectivity index (χ2n) is 5.18. The lowest BCUT2D eigenvalue weighted by Crippen LogP contribution is -2.47. The van der Waals surface area contributed by atoms with Gasteiger partial charge >= 0.3 is 0 Å². The van der Waals surface area contributed by atoms with Crippen molar-refractivity contribution in [2.75, 3.05) is 14.2 Å². The first-order valence-electron chi connectivity index (χ1n) is 6.75. The van der Waals surface area contributed by atoms with Crippen molar-refractivity contribution in [1.29, 1.82) is 0 Å². The molecule has 21 heavy (non-hydrogen) atoms. The smallest absolute Gasteiger partial charge is 0.236 e. The number of carbonyl (C=O) groups is 1. The molecule has 3 N–H and O–H groups in total. The number of nitrogens with zero attached hydrogens (tertiary/aromatic N) is 2. The number of amidine groups is 1. The molecule has 0 bridgehead atoms. The molecule has 1 aromatic carbocycles. The maximum absolute atomic E-state index is 12.6. The molecule has 0 saturated heterocycles. The molecule has 0 aromatic heterocycles. The topological polar surface area (TPSA) is 88.2 Å². The van der Waals surface area contributed by atoms with E-state index in [0.29, 0.717) is 13.0 Å². The molecule has 0 saturated carbocycles. The van der Waals surface area contributed by atoms with Gasteiger partial charge in [-0.3, -0.25) is 4.79 Å². The third-order valence-corrected chi connectivity index (χ3v) is 3.75.